The summed E-state index contributed by atoms with van der Waals surface area (Å²) in [6.45, 7) is 0. The van der Waals surface area contributed by atoms with E-state index >= 15 is 0 Å². The van der Waals surface area contributed by atoms with Crippen molar-refractivity contribution in [1.29, 1.82) is 0 Å². The lowest BCUT2D eigenvalue weighted by Gasteiger charge is -2.24. The Labute approximate surface area is 235 Å². The molecule has 4 nitrogen and oxygen atoms in total. The third-order valence-corrected chi connectivity index (χ3v) is 8.51. The maximum absolute atomic E-state index is 5.19. The third-order valence-electron chi connectivity index (χ3n) is 7.57. The predicted octanol–water partition coefficient (Wildman–Crippen LogP) is 8.63. The SMILES string of the molecule is c1ccc(-c2ccc(C3=NC(n4c5ccccc5c5c6sccc6ccc54)=NC(c4ccccc4)N3)cc2)cc1. The van der Waals surface area contributed by atoms with Crippen LogP contribution < -0.4 is 5.32 Å². The van der Waals surface area contributed by atoms with Gasteiger partial charge in [-0.25, -0.2) is 4.99 Å². The van der Waals surface area contributed by atoms with Crippen molar-refractivity contribution in [3.8, 4) is 11.1 Å². The number of para-hydroxylation sites is 1. The molecule has 1 atom stereocenters. The average Bonchev–Trinajstić information content (AvgIpc) is 3.64. The number of hydrogen-bond acceptors (Lipinski definition) is 4. The standard InChI is InChI=1S/C35H24N4S/c1-3-9-23(10-4-1)24-15-17-27(18-16-24)34-36-33(26-11-5-2-6-12-26)37-35(38-34)39-29-14-8-7-13-28(29)31-30(39)20-19-25-21-22-40-32(25)31/h1-22,33H,(H,36,37,38). The second kappa shape index (κ2) is 9.33. The van der Waals surface area contributed by atoms with Crippen LogP contribution in [0.1, 0.15) is 17.3 Å². The van der Waals surface area contributed by atoms with Crippen LogP contribution in [0.15, 0.2) is 143 Å². The lowest BCUT2D eigenvalue weighted by atomic mass is 10.0. The minimum absolute atomic E-state index is 0.265. The fourth-order valence-electron chi connectivity index (χ4n) is 5.63. The molecule has 0 spiro atoms. The van der Waals surface area contributed by atoms with Crippen LogP contribution in [0.5, 0.6) is 0 Å². The van der Waals surface area contributed by atoms with Crippen molar-refractivity contribution >= 4 is 55.0 Å². The molecule has 0 fully saturated rings. The van der Waals surface area contributed by atoms with E-state index in [1.165, 1.54) is 32.0 Å². The van der Waals surface area contributed by atoms with Gasteiger partial charge >= 0.3 is 0 Å². The molecule has 1 aliphatic heterocycles. The first-order chi connectivity index (χ1) is 19.8. The fraction of sp³-hybridized carbons (Fsp3) is 0.0286. The van der Waals surface area contributed by atoms with Crippen molar-refractivity contribution in [1.82, 2.24) is 9.88 Å². The van der Waals surface area contributed by atoms with Crippen LogP contribution in [0, 0.1) is 0 Å². The Hall–Kier alpha value is -5.00. The molecule has 1 N–H and O–H groups in total. The quantitative estimate of drug-likeness (QED) is 0.243. The van der Waals surface area contributed by atoms with E-state index in [-0.39, 0.29) is 6.17 Å². The molecule has 2 aromatic heterocycles. The Morgan fingerprint density at radius 1 is 0.625 bits per heavy atom. The lowest BCUT2D eigenvalue weighted by Crippen LogP contribution is -2.35. The van der Waals surface area contributed by atoms with E-state index in [1.54, 1.807) is 11.3 Å². The van der Waals surface area contributed by atoms with Gasteiger partial charge in [0.15, 0.2) is 0 Å². The van der Waals surface area contributed by atoms with Gasteiger partial charge in [-0.3, -0.25) is 4.57 Å². The summed E-state index contributed by atoms with van der Waals surface area (Å²) in [7, 11) is 0. The molecule has 0 aliphatic carbocycles. The number of nitrogens with one attached hydrogen (secondary N) is 1. The van der Waals surface area contributed by atoms with Crippen LogP contribution in [0.4, 0.5) is 0 Å². The highest BCUT2D eigenvalue weighted by atomic mass is 32.1. The van der Waals surface area contributed by atoms with Gasteiger partial charge < -0.3 is 5.32 Å². The van der Waals surface area contributed by atoms with Gasteiger partial charge in [0, 0.05) is 21.0 Å². The molecule has 8 rings (SSSR count). The van der Waals surface area contributed by atoms with Crippen molar-refractivity contribution in [3.05, 3.63) is 144 Å². The summed E-state index contributed by atoms with van der Waals surface area (Å²) < 4.78 is 3.51. The molecule has 0 amide bonds. The number of amidine groups is 1. The van der Waals surface area contributed by atoms with Crippen LogP contribution in [-0.2, 0) is 0 Å². The highest BCUT2D eigenvalue weighted by Gasteiger charge is 2.24. The maximum atomic E-state index is 5.19. The van der Waals surface area contributed by atoms with Crippen molar-refractivity contribution in [3.63, 3.8) is 0 Å². The Morgan fingerprint density at radius 2 is 1.32 bits per heavy atom. The first-order valence-corrected chi connectivity index (χ1v) is 14.2. The molecule has 40 heavy (non-hydrogen) atoms. The molecule has 190 valence electrons. The summed E-state index contributed by atoms with van der Waals surface area (Å²) in [5.41, 5.74) is 6.71. The second-order valence-corrected chi connectivity index (χ2v) is 10.9. The van der Waals surface area contributed by atoms with E-state index in [0.717, 1.165) is 28.0 Å². The van der Waals surface area contributed by atoms with Crippen LogP contribution >= 0.6 is 11.3 Å². The van der Waals surface area contributed by atoms with E-state index < -0.39 is 0 Å². The third kappa shape index (κ3) is 3.74. The van der Waals surface area contributed by atoms with Crippen LogP contribution in [0.3, 0.4) is 0 Å². The van der Waals surface area contributed by atoms with Gasteiger partial charge in [-0.15, -0.1) is 11.3 Å². The number of nitrogens with zero attached hydrogens (tertiary/aromatic N) is 3. The van der Waals surface area contributed by atoms with E-state index in [9.17, 15) is 0 Å². The molecule has 0 saturated heterocycles. The van der Waals surface area contributed by atoms with Crippen molar-refractivity contribution in [2.45, 2.75) is 6.17 Å². The molecular weight excluding hydrogens is 508 g/mol. The summed E-state index contributed by atoms with van der Waals surface area (Å²) in [5.74, 6) is 1.48. The number of thiophene rings is 1. The normalized spacial score (nSPS) is 15.2. The summed E-state index contributed by atoms with van der Waals surface area (Å²) >= 11 is 1.78. The molecule has 0 bridgehead atoms. The lowest BCUT2D eigenvalue weighted by molar-refractivity contribution is 0.668. The van der Waals surface area contributed by atoms with Gasteiger partial charge in [0.25, 0.3) is 0 Å². The molecule has 0 saturated carbocycles. The summed E-state index contributed by atoms with van der Waals surface area (Å²) in [5, 5.41) is 9.51. The van der Waals surface area contributed by atoms with Gasteiger partial charge in [0.2, 0.25) is 5.96 Å². The number of hydrogen-bond donors (Lipinski definition) is 1. The van der Waals surface area contributed by atoms with E-state index in [4.69, 9.17) is 9.98 Å². The van der Waals surface area contributed by atoms with E-state index in [1.807, 2.05) is 12.1 Å². The fourth-order valence-corrected chi connectivity index (χ4v) is 6.59. The van der Waals surface area contributed by atoms with Gasteiger partial charge in [0.05, 0.1) is 11.0 Å². The minimum Gasteiger partial charge on any atom is -0.344 e. The monoisotopic (exact) mass is 532 g/mol. The molecule has 0 radical (unpaired) electrons. The molecule has 5 heteroatoms. The first-order valence-electron chi connectivity index (χ1n) is 13.4. The molecule has 3 heterocycles. The zero-order chi connectivity index (χ0) is 26.5. The zero-order valence-corrected chi connectivity index (χ0v) is 22.3. The van der Waals surface area contributed by atoms with Crippen molar-refractivity contribution in [2.75, 3.05) is 0 Å². The Bertz CT molecular complexity index is 2070. The van der Waals surface area contributed by atoms with Crippen LogP contribution in [0.2, 0.25) is 0 Å². The van der Waals surface area contributed by atoms with Gasteiger partial charge in [-0.05, 0) is 45.7 Å². The summed E-state index contributed by atoms with van der Waals surface area (Å²) in [6, 6.07) is 44.6. The zero-order valence-electron chi connectivity index (χ0n) is 21.5. The summed E-state index contributed by atoms with van der Waals surface area (Å²) in [4.78, 5) is 10.4. The highest BCUT2D eigenvalue weighted by molar-refractivity contribution is 7.18. The molecule has 7 aromatic rings. The molecule has 1 unspecified atom stereocenters. The van der Waals surface area contributed by atoms with Gasteiger partial charge in [-0.1, -0.05) is 109 Å². The van der Waals surface area contributed by atoms with E-state index in [0.29, 0.717) is 5.96 Å². The van der Waals surface area contributed by atoms with Gasteiger partial charge in [-0.2, -0.15) is 4.99 Å². The maximum Gasteiger partial charge on any atom is 0.234 e. The Morgan fingerprint density at radius 3 is 2.15 bits per heavy atom. The molecular formula is C35H24N4S. The van der Waals surface area contributed by atoms with Crippen molar-refractivity contribution < 1.29 is 0 Å². The smallest absolute Gasteiger partial charge is 0.234 e. The second-order valence-electron chi connectivity index (χ2n) is 9.94. The predicted molar refractivity (Wildman–Crippen MR) is 168 cm³/mol. The molecule has 5 aromatic carbocycles. The number of benzene rings is 5. The van der Waals surface area contributed by atoms with Crippen molar-refractivity contribution in [2.24, 2.45) is 9.98 Å². The number of fused-ring (bicyclic) bond motifs is 5. The minimum atomic E-state index is -0.265. The summed E-state index contributed by atoms with van der Waals surface area (Å²) in [6.07, 6.45) is -0.265. The topological polar surface area (TPSA) is 41.7 Å². The largest absolute Gasteiger partial charge is 0.344 e. The first kappa shape index (κ1) is 22.9. The number of aromatic nitrogens is 1. The Kier molecular flexibility index (Phi) is 5.35. The average molecular weight is 533 g/mol. The molecule has 1 aliphatic rings. The number of rotatable bonds is 3. The van der Waals surface area contributed by atoms with Crippen LogP contribution in [-0.4, -0.2) is 16.4 Å². The highest BCUT2D eigenvalue weighted by Crippen LogP contribution is 2.38. The Balaban J connectivity index is 1.33. The van der Waals surface area contributed by atoms with Crippen LogP contribution in [0.25, 0.3) is 43.0 Å². The van der Waals surface area contributed by atoms with Gasteiger partial charge in [0.1, 0.15) is 12.0 Å². The number of aliphatic imine (C=N–C) groups is 2. The van der Waals surface area contributed by atoms with E-state index in [2.05, 4.69) is 131 Å².